The Morgan fingerprint density at radius 3 is 2.14 bits per heavy atom. The van der Waals surface area contributed by atoms with Crippen LogP contribution in [0.2, 0.25) is 0 Å². The highest BCUT2D eigenvalue weighted by Crippen LogP contribution is 1.94. The first-order valence-electron chi connectivity index (χ1n) is 2.32. The number of nitrogens with two attached hydrogens (primary N) is 2. The largest absolute Gasteiger partial charge is 0.329 e. The van der Waals surface area contributed by atoms with Crippen molar-refractivity contribution in [2.24, 2.45) is 11.5 Å². The highest BCUT2D eigenvalue weighted by atomic mass is 32.1. The lowest BCUT2D eigenvalue weighted by Crippen LogP contribution is -2.36. The van der Waals surface area contributed by atoms with E-state index in [-0.39, 0.29) is 11.3 Å². The molecule has 0 amide bonds. The van der Waals surface area contributed by atoms with Crippen LogP contribution in [0.3, 0.4) is 0 Å². The summed E-state index contributed by atoms with van der Waals surface area (Å²) in [5.74, 6) is 0. The Morgan fingerprint density at radius 1 is 1.71 bits per heavy atom. The minimum Gasteiger partial charge on any atom is -0.329 e. The molecule has 44 valence electrons. The van der Waals surface area contributed by atoms with Crippen LogP contribution in [0.15, 0.2) is 0 Å². The summed E-state index contributed by atoms with van der Waals surface area (Å²) < 4.78 is 0. The second-order valence-electron chi connectivity index (χ2n) is 1.64. The van der Waals surface area contributed by atoms with E-state index in [1.54, 1.807) is 0 Å². The molecule has 0 aliphatic heterocycles. The van der Waals surface area contributed by atoms with Crippen molar-refractivity contribution in [1.82, 2.24) is 0 Å². The second kappa shape index (κ2) is 3.29. The van der Waals surface area contributed by atoms with Crippen molar-refractivity contribution in [3.05, 3.63) is 0 Å². The van der Waals surface area contributed by atoms with Crippen LogP contribution in [0, 0.1) is 0 Å². The van der Waals surface area contributed by atoms with Crippen molar-refractivity contribution < 1.29 is 0 Å². The molecule has 0 radical (unpaired) electrons. The lowest BCUT2D eigenvalue weighted by Gasteiger charge is -2.09. The second-order valence-corrected chi connectivity index (χ2v) is 2.45. The first-order valence-corrected chi connectivity index (χ1v) is 2.84. The zero-order valence-electron chi connectivity index (χ0n) is 4.46. The highest BCUT2D eigenvalue weighted by Gasteiger charge is 2.02. The van der Waals surface area contributed by atoms with Gasteiger partial charge >= 0.3 is 0 Å². The summed E-state index contributed by atoms with van der Waals surface area (Å²) in [6.45, 7) is 2.45. The van der Waals surface area contributed by atoms with E-state index in [1.807, 2.05) is 6.92 Å². The Hall–Kier alpha value is 0.270. The van der Waals surface area contributed by atoms with E-state index in [4.69, 9.17) is 11.5 Å². The van der Waals surface area contributed by atoms with E-state index in [0.29, 0.717) is 6.54 Å². The monoisotopic (exact) mass is 120 g/mol. The first-order chi connectivity index (χ1) is 3.18. The SMILES string of the molecule is CC(S)C(N)CN. The Morgan fingerprint density at radius 2 is 2.14 bits per heavy atom. The maximum atomic E-state index is 5.41. The zero-order chi connectivity index (χ0) is 5.86. The molecule has 0 aliphatic rings. The maximum Gasteiger partial charge on any atom is 0.0278 e. The average Bonchev–Trinajstić information content (AvgIpc) is 1.65. The van der Waals surface area contributed by atoms with Gasteiger partial charge in [0.25, 0.3) is 0 Å². The Balaban J connectivity index is 3.14. The van der Waals surface area contributed by atoms with E-state index in [1.165, 1.54) is 0 Å². The fraction of sp³-hybridized carbons (Fsp3) is 1.00. The molecule has 2 nitrogen and oxygen atoms in total. The molecular formula is C4H12N2S. The van der Waals surface area contributed by atoms with Crippen LogP contribution in [0.4, 0.5) is 0 Å². The van der Waals surface area contributed by atoms with Gasteiger partial charge in [0, 0.05) is 17.8 Å². The van der Waals surface area contributed by atoms with Crippen molar-refractivity contribution in [1.29, 1.82) is 0 Å². The molecule has 0 spiro atoms. The summed E-state index contributed by atoms with van der Waals surface area (Å²) >= 11 is 4.07. The number of hydrogen-bond donors (Lipinski definition) is 3. The summed E-state index contributed by atoms with van der Waals surface area (Å²) in [7, 11) is 0. The summed E-state index contributed by atoms with van der Waals surface area (Å²) in [6.07, 6.45) is 0. The van der Waals surface area contributed by atoms with Crippen molar-refractivity contribution in [2.75, 3.05) is 6.54 Å². The number of rotatable bonds is 2. The molecule has 0 aromatic carbocycles. The van der Waals surface area contributed by atoms with Gasteiger partial charge in [-0.05, 0) is 0 Å². The third kappa shape index (κ3) is 2.91. The van der Waals surface area contributed by atoms with Crippen molar-refractivity contribution >= 4 is 12.6 Å². The predicted octanol–water partition coefficient (Wildman–Crippen LogP) is -0.409. The predicted molar refractivity (Wildman–Crippen MR) is 35.5 cm³/mol. The van der Waals surface area contributed by atoms with Crippen LogP contribution >= 0.6 is 12.6 Å². The Labute approximate surface area is 49.7 Å². The van der Waals surface area contributed by atoms with Crippen LogP contribution in [0.5, 0.6) is 0 Å². The molecule has 2 unspecified atom stereocenters. The minimum absolute atomic E-state index is 0.0448. The van der Waals surface area contributed by atoms with E-state index >= 15 is 0 Å². The molecular weight excluding hydrogens is 108 g/mol. The maximum absolute atomic E-state index is 5.41. The van der Waals surface area contributed by atoms with Crippen LogP contribution in [-0.4, -0.2) is 17.8 Å². The van der Waals surface area contributed by atoms with Crippen LogP contribution in [-0.2, 0) is 0 Å². The van der Waals surface area contributed by atoms with E-state index in [2.05, 4.69) is 12.6 Å². The van der Waals surface area contributed by atoms with Crippen molar-refractivity contribution in [3.63, 3.8) is 0 Å². The molecule has 0 saturated heterocycles. The van der Waals surface area contributed by atoms with Gasteiger partial charge in [0.1, 0.15) is 0 Å². The van der Waals surface area contributed by atoms with Gasteiger partial charge in [-0.25, -0.2) is 0 Å². The van der Waals surface area contributed by atoms with Gasteiger partial charge < -0.3 is 11.5 Å². The highest BCUT2D eigenvalue weighted by molar-refractivity contribution is 7.81. The smallest absolute Gasteiger partial charge is 0.0278 e. The lowest BCUT2D eigenvalue weighted by molar-refractivity contribution is 0.677. The van der Waals surface area contributed by atoms with Crippen LogP contribution in [0.1, 0.15) is 6.92 Å². The zero-order valence-corrected chi connectivity index (χ0v) is 5.36. The topological polar surface area (TPSA) is 52.0 Å². The fourth-order valence-corrected chi connectivity index (χ4v) is 0.319. The molecule has 4 N–H and O–H groups in total. The van der Waals surface area contributed by atoms with Crippen molar-refractivity contribution in [3.8, 4) is 0 Å². The minimum atomic E-state index is 0.0448. The van der Waals surface area contributed by atoms with Crippen LogP contribution in [0.25, 0.3) is 0 Å². The number of thiol groups is 1. The van der Waals surface area contributed by atoms with Gasteiger partial charge in [0.15, 0.2) is 0 Å². The normalized spacial score (nSPS) is 18.9. The quantitative estimate of drug-likeness (QED) is 0.434. The molecule has 0 fully saturated rings. The molecule has 0 aromatic rings. The van der Waals surface area contributed by atoms with E-state index < -0.39 is 0 Å². The lowest BCUT2D eigenvalue weighted by atomic mass is 10.2. The average molecular weight is 120 g/mol. The van der Waals surface area contributed by atoms with Crippen molar-refractivity contribution in [2.45, 2.75) is 18.2 Å². The molecule has 3 heteroatoms. The summed E-state index contributed by atoms with van der Waals surface area (Å²) in [5, 5.41) is 0.213. The molecule has 0 aromatic heterocycles. The van der Waals surface area contributed by atoms with Gasteiger partial charge in [0.2, 0.25) is 0 Å². The van der Waals surface area contributed by atoms with Gasteiger partial charge in [-0.15, -0.1) is 0 Å². The molecule has 2 atom stereocenters. The third-order valence-corrected chi connectivity index (χ3v) is 1.27. The van der Waals surface area contributed by atoms with E-state index in [9.17, 15) is 0 Å². The summed E-state index contributed by atoms with van der Waals surface area (Å²) in [4.78, 5) is 0. The van der Waals surface area contributed by atoms with E-state index in [0.717, 1.165) is 0 Å². The molecule has 0 aliphatic carbocycles. The third-order valence-electron chi connectivity index (χ3n) is 0.892. The molecule has 0 saturated carbocycles. The van der Waals surface area contributed by atoms with Gasteiger partial charge in [-0.3, -0.25) is 0 Å². The molecule has 7 heavy (non-hydrogen) atoms. The first kappa shape index (κ1) is 7.27. The Kier molecular flexibility index (Phi) is 3.42. The summed E-state index contributed by atoms with van der Waals surface area (Å²) in [6, 6.07) is 0.0448. The Bertz CT molecular complexity index is 47.0. The van der Waals surface area contributed by atoms with Gasteiger partial charge in [0.05, 0.1) is 0 Å². The fourth-order valence-electron chi connectivity index (χ4n) is 0.197. The molecule has 0 rings (SSSR count). The van der Waals surface area contributed by atoms with Crippen LogP contribution < -0.4 is 11.5 Å². The molecule has 0 heterocycles. The van der Waals surface area contributed by atoms with Gasteiger partial charge in [-0.1, -0.05) is 6.92 Å². The molecule has 0 bridgehead atoms. The van der Waals surface area contributed by atoms with Gasteiger partial charge in [-0.2, -0.15) is 12.6 Å². The summed E-state index contributed by atoms with van der Waals surface area (Å²) in [5.41, 5.74) is 10.6. The standard InChI is InChI=1S/C4H12N2S/c1-3(7)4(6)2-5/h3-4,7H,2,5-6H2,1H3. The number of hydrogen-bond acceptors (Lipinski definition) is 3.